The summed E-state index contributed by atoms with van der Waals surface area (Å²) >= 11 is 0. The van der Waals surface area contributed by atoms with Gasteiger partial charge in [0.25, 0.3) is 30.1 Å². The minimum Gasteiger partial charge on any atom is -0.465 e. The monoisotopic (exact) mass is 767 g/mol. The molecule has 0 amide bonds. The van der Waals surface area contributed by atoms with Crippen LogP contribution in [0.1, 0.15) is 31.1 Å². The summed E-state index contributed by atoms with van der Waals surface area (Å²) in [4.78, 5) is 34.6. The van der Waals surface area contributed by atoms with Crippen LogP contribution in [0.3, 0.4) is 0 Å². The van der Waals surface area contributed by atoms with Crippen LogP contribution in [0.15, 0.2) is 118 Å². The van der Waals surface area contributed by atoms with Gasteiger partial charge in [0, 0.05) is 22.4 Å². The lowest BCUT2D eigenvalue weighted by molar-refractivity contribution is 0.0592. The number of ether oxygens (including phenoxy) is 3. The number of rotatable bonds is 12. The van der Waals surface area contributed by atoms with Crippen molar-refractivity contribution in [3.05, 3.63) is 120 Å². The van der Waals surface area contributed by atoms with Gasteiger partial charge in [0.2, 0.25) is 0 Å². The van der Waals surface area contributed by atoms with Crippen LogP contribution in [-0.4, -0.2) is 64.5 Å². The maximum atomic E-state index is 13.9. The topological polar surface area (TPSA) is 217 Å². The first-order chi connectivity index (χ1) is 24.6. The van der Waals surface area contributed by atoms with Crippen LogP contribution in [0.5, 0.6) is 0 Å². The first-order valence-corrected chi connectivity index (χ1v) is 19.2. The number of carbonyl (C=O) groups is 3. The molecule has 18 heteroatoms. The van der Waals surface area contributed by atoms with Crippen LogP contribution in [0.25, 0.3) is 10.8 Å². The fourth-order valence-corrected chi connectivity index (χ4v) is 8.53. The molecule has 0 unspecified atom stereocenters. The van der Waals surface area contributed by atoms with Gasteiger partial charge in [-0.25, -0.2) is 39.6 Å². The third kappa shape index (κ3) is 8.14. The molecular formula is C34H29N3O12S3. The molecule has 5 aromatic rings. The van der Waals surface area contributed by atoms with E-state index in [1.54, 1.807) is 0 Å². The van der Waals surface area contributed by atoms with Gasteiger partial charge in [0.1, 0.15) is 0 Å². The second kappa shape index (κ2) is 14.7. The Hall–Kier alpha value is -5.98. The van der Waals surface area contributed by atoms with Gasteiger partial charge >= 0.3 is 17.9 Å². The second-order valence-corrected chi connectivity index (χ2v) is 15.9. The standard InChI is InChI=1S/C34H29N3O12S3/c1-47-32(38)21-7-4-10-25(15-21)35-50(41,42)28-13-14-30-24(18-28)19-29(51(43,44)36-26-11-5-8-22(16-26)33(39)48-2)20-31(30)52(45,46)37-27-12-6-9-23(17-27)34(40)49-3/h4-20,35-37H,1-3H3. The van der Waals surface area contributed by atoms with E-state index >= 15 is 0 Å². The van der Waals surface area contributed by atoms with Crippen LogP contribution in [0.4, 0.5) is 17.1 Å². The molecule has 0 saturated heterocycles. The predicted octanol–water partition coefficient (Wildman–Crippen LogP) is 4.60. The fraction of sp³-hybridized carbons (Fsp3) is 0.0882. The Kier molecular flexibility index (Phi) is 10.5. The summed E-state index contributed by atoms with van der Waals surface area (Å²) < 4.78 is 103. The Morgan fingerprint density at radius 3 is 1.27 bits per heavy atom. The fourth-order valence-electron chi connectivity index (χ4n) is 4.95. The highest BCUT2D eigenvalue weighted by Gasteiger charge is 2.26. The van der Waals surface area contributed by atoms with E-state index in [9.17, 15) is 39.6 Å². The second-order valence-electron chi connectivity index (χ2n) is 10.8. The number of carbonyl (C=O) groups excluding carboxylic acids is 3. The largest absolute Gasteiger partial charge is 0.465 e. The number of sulfonamides is 3. The number of benzene rings is 5. The van der Waals surface area contributed by atoms with Crippen molar-refractivity contribution in [2.45, 2.75) is 14.7 Å². The summed E-state index contributed by atoms with van der Waals surface area (Å²) in [6.45, 7) is 0. The summed E-state index contributed by atoms with van der Waals surface area (Å²) in [6, 6.07) is 21.6. The molecule has 5 rings (SSSR count). The molecule has 5 aromatic carbocycles. The normalized spacial score (nSPS) is 11.7. The minimum atomic E-state index is -4.64. The SMILES string of the molecule is COC(=O)c1cccc(NS(=O)(=O)c2ccc3c(S(=O)(=O)Nc4cccc(C(=O)OC)c4)cc(S(=O)(=O)Nc4cccc(C(=O)OC)c4)cc3c2)c1. The minimum absolute atomic E-state index is 0.0133. The summed E-state index contributed by atoms with van der Waals surface area (Å²) in [5.41, 5.74) is 0.0307. The summed E-state index contributed by atoms with van der Waals surface area (Å²) in [5.74, 6) is -2.17. The van der Waals surface area contributed by atoms with E-state index in [0.29, 0.717) is 0 Å². The Morgan fingerprint density at radius 2 is 0.846 bits per heavy atom. The van der Waals surface area contributed by atoms with Gasteiger partial charge < -0.3 is 14.2 Å². The molecule has 52 heavy (non-hydrogen) atoms. The lowest BCUT2D eigenvalue weighted by Crippen LogP contribution is -2.18. The number of methoxy groups -OCH3 is 3. The molecule has 0 radical (unpaired) electrons. The highest BCUT2D eigenvalue weighted by Crippen LogP contribution is 2.32. The average Bonchev–Trinajstić information content (AvgIpc) is 3.12. The van der Waals surface area contributed by atoms with Crippen LogP contribution >= 0.6 is 0 Å². The zero-order valence-corrected chi connectivity index (χ0v) is 29.9. The highest BCUT2D eigenvalue weighted by molar-refractivity contribution is 7.94. The molecule has 0 aliphatic rings. The van der Waals surface area contributed by atoms with Crippen LogP contribution in [0, 0.1) is 0 Å². The van der Waals surface area contributed by atoms with Crippen LogP contribution in [-0.2, 0) is 44.3 Å². The molecule has 0 fully saturated rings. The van der Waals surface area contributed by atoms with Gasteiger partial charge in [-0.05, 0) is 84.2 Å². The van der Waals surface area contributed by atoms with Crippen molar-refractivity contribution in [3.63, 3.8) is 0 Å². The molecule has 0 aliphatic carbocycles. The van der Waals surface area contributed by atoms with E-state index in [0.717, 1.165) is 38.5 Å². The molecule has 0 atom stereocenters. The van der Waals surface area contributed by atoms with Gasteiger partial charge in [0.05, 0.1) is 52.7 Å². The molecule has 0 spiro atoms. The lowest BCUT2D eigenvalue weighted by Gasteiger charge is -2.16. The van der Waals surface area contributed by atoms with E-state index in [1.165, 1.54) is 86.0 Å². The number of anilines is 3. The lowest BCUT2D eigenvalue weighted by atomic mass is 10.1. The highest BCUT2D eigenvalue weighted by atomic mass is 32.2. The molecular weight excluding hydrogens is 739 g/mol. The van der Waals surface area contributed by atoms with Gasteiger partial charge in [-0.2, -0.15) is 0 Å². The third-order valence-electron chi connectivity index (χ3n) is 7.38. The number of hydrogen-bond acceptors (Lipinski definition) is 12. The first-order valence-electron chi connectivity index (χ1n) is 14.8. The molecule has 0 bridgehead atoms. The van der Waals surface area contributed by atoms with Crippen LogP contribution < -0.4 is 14.2 Å². The molecule has 3 N–H and O–H groups in total. The smallest absolute Gasteiger partial charge is 0.337 e. The Balaban J connectivity index is 1.63. The molecule has 0 saturated carbocycles. The van der Waals surface area contributed by atoms with Crippen molar-refractivity contribution in [2.24, 2.45) is 0 Å². The average molecular weight is 768 g/mol. The Bertz CT molecular complexity index is 2570. The quantitative estimate of drug-likeness (QED) is 0.117. The predicted molar refractivity (Wildman–Crippen MR) is 190 cm³/mol. The van der Waals surface area contributed by atoms with Crippen molar-refractivity contribution in [1.82, 2.24) is 0 Å². The van der Waals surface area contributed by atoms with E-state index in [4.69, 9.17) is 9.47 Å². The maximum absolute atomic E-state index is 13.9. The van der Waals surface area contributed by atoms with Gasteiger partial charge in [-0.1, -0.05) is 24.3 Å². The molecule has 0 aromatic heterocycles. The van der Waals surface area contributed by atoms with Crippen molar-refractivity contribution < 1.29 is 53.8 Å². The molecule has 0 aliphatic heterocycles. The number of hydrogen-bond donors (Lipinski definition) is 3. The summed E-state index contributed by atoms with van der Waals surface area (Å²) in [6.07, 6.45) is 0. The van der Waals surface area contributed by atoms with Crippen molar-refractivity contribution in [2.75, 3.05) is 35.5 Å². The molecule has 15 nitrogen and oxygen atoms in total. The number of fused-ring (bicyclic) bond motifs is 1. The van der Waals surface area contributed by atoms with Crippen molar-refractivity contribution >= 4 is 75.8 Å². The van der Waals surface area contributed by atoms with E-state index < -0.39 is 57.8 Å². The van der Waals surface area contributed by atoms with E-state index in [2.05, 4.69) is 18.9 Å². The van der Waals surface area contributed by atoms with Gasteiger partial charge in [0.15, 0.2) is 0 Å². The summed E-state index contributed by atoms with van der Waals surface area (Å²) in [7, 11) is -10.2. The van der Waals surface area contributed by atoms with Crippen molar-refractivity contribution in [3.8, 4) is 0 Å². The van der Waals surface area contributed by atoms with Gasteiger partial charge in [-0.3, -0.25) is 14.2 Å². The third-order valence-corrected chi connectivity index (χ3v) is 11.5. The van der Waals surface area contributed by atoms with Crippen molar-refractivity contribution in [1.29, 1.82) is 0 Å². The molecule has 270 valence electrons. The number of nitrogens with one attached hydrogen (secondary N) is 3. The maximum Gasteiger partial charge on any atom is 0.337 e. The van der Waals surface area contributed by atoms with Crippen LogP contribution in [0.2, 0.25) is 0 Å². The number of esters is 3. The zero-order chi connectivity index (χ0) is 37.8. The Labute approximate surface area is 298 Å². The van der Waals surface area contributed by atoms with E-state index in [-0.39, 0.29) is 49.4 Å². The summed E-state index contributed by atoms with van der Waals surface area (Å²) in [5, 5.41) is -0.170. The van der Waals surface area contributed by atoms with E-state index in [1.807, 2.05) is 0 Å². The zero-order valence-electron chi connectivity index (χ0n) is 27.4. The van der Waals surface area contributed by atoms with Gasteiger partial charge in [-0.15, -0.1) is 0 Å². The Morgan fingerprint density at radius 1 is 0.462 bits per heavy atom. The molecule has 0 heterocycles. The first kappa shape index (κ1) is 37.3.